The number of carboxylic acid groups (broad SMARTS) is 1. The Balaban J connectivity index is 1.47. The molecule has 1 amide bonds. The van der Waals surface area contributed by atoms with E-state index in [0.717, 1.165) is 24.0 Å². The number of aliphatic carboxylic acids is 1. The van der Waals surface area contributed by atoms with E-state index in [1.807, 2.05) is 53.5 Å². The fourth-order valence-corrected chi connectivity index (χ4v) is 3.28. The van der Waals surface area contributed by atoms with Crippen LogP contribution in [0.25, 0.3) is 0 Å². The van der Waals surface area contributed by atoms with E-state index in [4.69, 9.17) is 14.6 Å². The molecule has 2 aromatic rings. The standard InChI is InChI=1S/C21H24N2O5/c24-20(25)15-27-19-9-5-4-8-18(19)17-10-12-23(13-11-17)22-21(26)28-14-16-6-2-1-3-7-16/h1-9,17H,10-15H2,(H,22,26)(H,24,25). The Hall–Kier alpha value is -3.06. The third-order valence-electron chi connectivity index (χ3n) is 4.67. The minimum atomic E-state index is -0.997. The molecule has 7 nitrogen and oxygen atoms in total. The number of nitrogens with one attached hydrogen (secondary N) is 1. The molecule has 1 aliphatic heterocycles. The van der Waals surface area contributed by atoms with E-state index in [2.05, 4.69) is 5.43 Å². The Kier molecular flexibility index (Phi) is 6.86. The number of piperidine rings is 1. The normalized spacial score (nSPS) is 15.0. The number of carboxylic acids is 1. The molecule has 2 aromatic carbocycles. The van der Waals surface area contributed by atoms with E-state index in [9.17, 15) is 9.59 Å². The van der Waals surface area contributed by atoms with E-state index in [0.29, 0.717) is 18.8 Å². The first-order valence-electron chi connectivity index (χ1n) is 9.27. The van der Waals surface area contributed by atoms with Crippen LogP contribution >= 0.6 is 0 Å². The summed E-state index contributed by atoms with van der Waals surface area (Å²) >= 11 is 0. The number of carbonyl (C=O) groups excluding carboxylic acids is 1. The molecule has 0 aliphatic carbocycles. The molecular weight excluding hydrogens is 360 g/mol. The minimum absolute atomic E-state index is 0.234. The van der Waals surface area contributed by atoms with Crippen LogP contribution in [-0.4, -0.2) is 41.9 Å². The summed E-state index contributed by atoms with van der Waals surface area (Å²) in [5.74, 6) is -0.134. The van der Waals surface area contributed by atoms with Crippen molar-refractivity contribution in [3.8, 4) is 5.75 Å². The van der Waals surface area contributed by atoms with Crippen LogP contribution in [0, 0.1) is 0 Å². The van der Waals surface area contributed by atoms with Crippen molar-refractivity contribution in [2.24, 2.45) is 0 Å². The zero-order chi connectivity index (χ0) is 19.8. The molecule has 0 radical (unpaired) electrons. The highest BCUT2D eigenvalue weighted by molar-refractivity contribution is 5.68. The highest BCUT2D eigenvalue weighted by Crippen LogP contribution is 2.33. The van der Waals surface area contributed by atoms with Gasteiger partial charge >= 0.3 is 12.1 Å². The lowest BCUT2D eigenvalue weighted by atomic mass is 9.89. The van der Waals surface area contributed by atoms with Gasteiger partial charge in [-0.1, -0.05) is 48.5 Å². The molecule has 1 heterocycles. The predicted molar refractivity (Wildman–Crippen MR) is 103 cm³/mol. The van der Waals surface area contributed by atoms with Gasteiger partial charge in [0.25, 0.3) is 0 Å². The smallest absolute Gasteiger partial charge is 0.422 e. The first kappa shape index (κ1) is 19.7. The molecule has 28 heavy (non-hydrogen) atoms. The van der Waals surface area contributed by atoms with Crippen LogP contribution in [-0.2, 0) is 16.1 Å². The summed E-state index contributed by atoms with van der Waals surface area (Å²) in [6, 6.07) is 17.1. The largest absolute Gasteiger partial charge is 0.482 e. The van der Waals surface area contributed by atoms with Crippen molar-refractivity contribution in [1.82, 2.24) is 10.4 Å². The van der Waals surface area contributed by atoms with Crippen molar-refractivity contribution < 1.29 is 24.2 Å². The molecule has 148 valence electrons. The third-order valence-corrected chi connectivity index (χ3v) is 4.67. The first-order chi connectivity index (χ1) is 13.6. The maximum Gasteiger partial charge on any atom is 0.422 e. The number of benzene rings is 2. The summed E-state index contributed by atoms with van der Waals surface area (Å²) in [7, 11) is 0. The van der Waals surface area contributed by atoms with Crippen LogP contribution in [0.4, 0.5) is 4.79 Å². The van der Waals surface area contributed by atoms with Gasteiger partial charge < -0.3 is 14.6 Å². The number of carbonyl (C=O) groups is 2. The molecule has 7 heteroatoms. The molecule has 0 bridgehead atoms. The molecule has 1 saturated heterocycles. The molecule has 3 rings (SSSR count). The van der Waals surface area contributed by atoms with Crippen molar-refractivity contribution in [3.05, 3.63) is 65.7 Å². The second kappa shape index (κ2) is 9.75. The Morgan fingerprint density at radius 3 is 2.43 bits per heavy atom. The Labute approximate surface area is 163 Å². The SMILES string of the molecule is O=C(O)COc1ccccc1C1CCN(NC(=O)OCc2ccccc2)CC1. The zero-order valence-corrected chi connectivity index (χ0v) is 15.5. The van der Waals surface area contributed by atoms with Crippen molar-refractivity contribution >= 4 is 12.1 Å². The highest BCUT2D eigenvalue weighted by atomic mass is 16.6. The van der Waals surface area contributed by atoms with Gasteiger partial charge in [-0.2, -0.15) is 0 Å². The predicted octanol–water partition coefficient (Wildman–Crippen LogP) is 3.17. The van der Waals surface area contributed by atoms with Gasteiger partial charge in [-0.3, -0.25) is 5.43 Å². The van der Waals surface area contributed by atoms with E-state index >= 15 is 0 Å². The van der Waals surface area contributed by atoms with Crippen LogP contribution in [0.1, 0.15) is 29.9 Å². The van der Waals surface area contributed by atoms with Crippen LogP contribution in [0.15, 0.2) is 54.6 Å². The van der Waals surface area contributed by atoms with Crippen LogP contribution in [0.2, 0.25) is 0 Å². The van der Waals surface area contributed by atoms with Gasteiger partial charge in [0.2, 0.25) is 0 Å². The van der Waals surface area contributed by atoms with Gasteiger partial charge in [0.15, 0.2) is 6.61 Å². The zero-order valence-electron chi connectivity index (χ0n) is 15.5. The van der Waals surface area contributed by atoms with Crippen molar-refractivity contribution in [2.45, 2.75) is 25.4 Å². The van der Waals surface area contributed by atoms with Gasteiger partial charge in [-0.05, 0) is 36.0 Å². The lowest BCUT2D eigenvalue weighted by Gasteiger charge is -2.32. The Morgan fingerprint density at radius 1 is 1.04 bits per heavy atom. The molecule has 1 fully saturated rings. The monoisotopic (exact) mass is 384 g/mol. The molecule has 1 aliphatic rings. The fraction of sp³-hybridized carbons (Fsp3) is 0.333. The van der Waals surface area contributed by atoms with Gasteiger partial charge in [-0.25, -0.2) is 14.6 Å². The first-order valence-corrected chi connectivity index (χ1v) is 9.27. The number of nitrogens with zero attached hydrogens (tertiary/aromatic N) is 1. The summed E-state index contributed by atoms with van der Waals surface area (Å²) in [6.45, 7) is 1.23. The van der Waals surface area contributed by atoms with E-state index in [-0.39, 0.29) is 19.1 Å². The number of ether oxygens (including phenoxy) is 2. The fourth-order valence-electron chi connectivity index (χ4n) is 3.28. The summed E-state index contributed by atoms with van der Waals surface area (Å²) in [6.07, 6.45) is 1.19. The molecule has 2 N–H and O–H groups in total. The van der Waals surface area contributed by atoms with Crippen LogP contribution < -0.4 is 10.2 Å². The van der Waals surface area contributed by atoms with E-state index in [1.165, 1.54) is 0 Å². The number of rotatable bonds is 7. The number of para-hydroxylation sites is 1. The lowest BCUT2D eigenvalue weighted by molar-refractivity contribution is -0.139. The second-order valence-electron chi connectivity index (χ2n) is 6.66. The average Bonchev–Trinajstić information content (AvgIpc) is 2.72. The number of amides is 1. The lowest BCUT2D eigenvalue weighted by Crippen LogP contribution is -2.46. The summed E-state index contributed by atoms with van der Waals surface area (Å²) < 4.78 is 10.7. The van der Waals surface area contributed by atoms with E-state index in [1.54, 1.807) is 6.07 Å². The number of hydrazine groups is 1. The van der Waals surface area contributed by atoms with Gasteiger partial charge in [-0.15, -0.1) is 0 Å². The Morgan fingerprint density at radius 2 is 1.71 bits per heavy atom. The van der Waals surface area contributed by atoms with Crippen LogP contribution in [0.5, 0.6) is 5.75 Å². The minimum Gasteiger partial charge on any atom is -0.482 e. The maximum absolute atomic E-state index is 12.0. The highest BCUT2D eigenvalue weighted by Gasteiger charge is 2.24. The number of hydrogen-bond donors (Lipinski definition) is 2. The summed E-state index contributed by atoms with van der Waals surface area (Å²) in [4.78, 5) is 22.8. The van der Waals surface area contributed by atoms with Crippen LogP contribution in [0.3, 0.4) is 0 Å². The maximum atomic E-state index is 12.0. The van der Waals surface area contributed by atoms with Crippen molar-refractivity contribution in [1.29, 1.82) is 0 Å². The van der Waals surface area contributed by atoms with Gasteiger partial charge in [0.05, 0.1) is 0 Å². The third kappa shape index (κ3) is 5.72. The summed E-state index contributed by atoms with van der Waals surface area (Å²) in [5, 5.41) is 10.7. The van der Waals surface area contributed by atoms with E-state index < -0.39 is 12.1 Å². The topological polar surface area (TPSA) is 88.1 Å². The van der Waals surface area contributed by atoms with Gasteiger partial charge in [0.1, 0.15) is 12.4 Å². The molecule has 0 aromatic heterocycles. The Bertz CT molecular complexity index is 788. The molecular formula is C21H24N2O5. The quantitative estimate of drug-likeness (QED) is 0.762. The molecule has 0 saturated carbocycles. The summed E-state index contributed by atoms with van der Waals surface area (Å²) in [5.41, 5.74) is 4.73. The van der Waals surface area contributed by atoms with Crippen molar-refractivity contribution in [2.75, 3.05) is 19.7 Å². The van der Waals surface area contributed by atoms with Gasteiger partial charge in [0, 0.05) is 13.1 Å². The molecule has 0 atom stereocenters. The van der Waals surface area contributed by atoms with Crippen molar-refractivity contribution in [3.63, 3.8) is 0 Å². The second-order valence-corrected chi connectivity index (χ2v) is 6.66. The average molecular weight is 384 g/mol. The molecule has 0 spiro atoms. The molecule has 0 unspecified atom stereocenters. The number of hydrogen-bond acceptors (Lipinski definition) is 5.